The number of ether oxygens (including phenoxy) is 3. The number of amides is 1. The second-order valence-electron chi connectivity index (χ2n) is 13.2. The molecule has 2 heterocycles. The summed E-state index contributed by atoms with van der Waals surface area (Å²) in [7, 11) is 1.53. The molecule has 18 heteroatoms. The molecule has 0 bridgehead atoms. The van der Waals surface area contributed by atoms with Gasteiger partial charge < -0.3 is 87.6 Å². The van der Waals surface area contributed by atoms with Crippen molar-refractivity contribution < 1.29 is 65.0 Å². The van der Waals surface area contributed by atoms with Crippen LogP contribution < -0.4 is 27.4 Å². The number of hydrogen-bond donors (Lipinski definition) is 14. The molecule has 1 amide bonds. The van der Waals surface area contributed by atoms with Gasteiger partial charge in [0.1, 0.15) is 41.7 Å². The highest BCUT2D eigenvalue weighted by Gasteiger charge is 2.57. The van der Waals surface area contributed by atoms with Gasteiger partial charge in [-0.05, 0) is 20.4 Å². The zero-order valence-corrected chi connectivity index (χ0v) is 25.4. The molecule has 15 atom stereocenters. The number of nitrogens with two attached hydrogens (primary N) is 2. The van der Waals surface area contributed by atoms with Crippen LogP contribution in [0.4, 0.5) is 0 Å². The predicted molar refractivity (Wildman–Crippen MR) is 153 cm³/mol. The van der Waals surface area contributed by atoms with Crippen molar-refractivity contribution in [3.05, 3.63) is 0 Å². The average Bonchev–Trinajstić information content (AvgIpc) is 2.95. The number of hydrogen-bond acceptors (Lipinski definition) is 17. The third-order valence-electron chi connectivity index (χ3n) is 9.58. The molecule has 45 heavy (non-hydrogen) atoms. The molecule has 0 aromatic rings. The lowest BCUT2D eigenvalue weighted by atomic mass is 9.71. The molecule has 2 saturated heterocycles. The number of carbonyl (C=O) groups is 1. The van der Waals surface area contributed by atoms with E-state index in [1.165, 1.54) is 14.0 Å². The quantitative estimate of drug-likeness (QED) is 0.0984. The summed E-state index contributed by atoms with van der Waals surface area (Å²) in [6, 6.07) is -3.30. The minimum atomic E-state index is -1.74. The zero-order chi connectivity index (χ0) is 33.4. The van der Waals surface area contributed by atoms with Crippen LogP contribution in [0.1, 0.15) is 26.2 Å². The first-order valence-corrected chi connectivity index (χ1v) is 15.3. The molecule has 0 aromatic heterocycles. The highest BCUT2D eigenvalue weighted by molar-refractivity contribution is 5.86. The molecule has 0 radical (unpaired) electrons. The molecule has 2 aliphatic carbocycles. The Morgan fingerprint density at radius 3 is 2.31 bits per heavy atom. The van der Waals surface area contributed by atoms with Crippen molar-refractivity contribution in [2.75, 3.05) is 33.4 Å². The Morgan fingerprint density at radius 1 is 1.04 bits per heavy atom. The second kappa shape index (κ2) is 14.5. The standard InChI is InChI=1S/C27H51N5O13/c1-26(41)9-43-24(20(39)23(26)30-2)45-21-13(32-25(40)27(42)4-10(28)5-27)3-12(29)15(17(21)36)22-19(38)18(37)16(35)14(44-22)7-31-6-11(34)8-33/h10-24,30-31,33-39,41-42H,3-9,28-29H2,1-2H3,(H,32,40). The Hall–Kier alpha value is -1.17. The molecule has 0 aromatic carbocycles. The van der Waals surface area contributed by atoms with Gasteiger partial charge in [-0.3, -0.25) is 4.79 Å². The fourth-order valence-corrected chi connectivity index (χ4v) is 6.99. The summed E-state index contributed by atoms with van der Waals surface area (Å²) in [6.45, 7) is 0.529. The minimum absolute atomic E-state index is 0.0186. The predicted octanol–water partition coefficient (Wildman–Crippen LogP) is -7.73. The fourth-order valence-electron chi connectivity index (χ4n) is 6.99. The first kappa shape index (κ1) is 36.7. The number of likely N-dealkylation sites (N-methyl/N-ethyl adjacent to an activating group) is 1. The minimum Gasteiger partial charge on any atom is -0.394 e. The second-order valence-corrected chi connectivity index (χ2v) is 13.2. The van der Waals surface area contributed by atoms with E-state index in [9.17, 15) is 45.6 Å². The lowest BCUT2D eigenvalue weighted by molar-refractivity contribution is -0.303. The third kappa shape index (κ3) is 7.62. The first-order chi connectivity index (χ1) is 21.0. The van der Waals surface area contributed by atoms with E-state index in [1.54, 1.807) is 0 Å². The Labute approximate surface area is 260 Å². The van der Waals surface area contributed by atoms with E-state index < -0.39 is 109 Å². The number of aliphatic hydroxyl groups is 9. The zero-order valence-electron chi connectivity index (χ0n) is 25.4. The van der Waals surface area contributed by atoms with Crippen LogP contribution in [0, 0.1) is 5.92 Å². The van der Waals surface area contributed by atoms with Crippen molar-refractivity contribution in [1.29, 1.82) is 0 Å². The first-order valence-electron chi connectivity index (χ1n) is 15.3. The van der Waals surface area contributed by atoms with Gasteiger partial charge in [0.2, 0.25) is 0 Å². The molecule has 4 aliphatic rings. The van der Waals surface area contributed by atoms with Crippen LogP contribution in [-0.2, 0) is 19.0 Å². The van der Waals surface area contributed by atoms with Crippen LogP contribution in [0.15, 0.2) is 0 Å². The highest BCUT2D eigenvalue weighted by Crippen LogP contribution is 2.38. The van der Waals surface area contributed by atoms with Gasteiger partial charge in [-0.2, -0.15) is 0 Å². The van der Waals surface area contributed by atoms with Gasteiger partial charge in [0.15, 0.2) is 6.29 Å². The Morgan fingerprint density at radius 2 is 1.71 bits per heavy atom. The molecular weight excluding hydrogens is 602 g/mol. The van der Waals surface area contributed by atoms with Crippen LogP contribution in [0.25, 0.3) is 0 Å². The molecule has 2 aliphatic heterocycles. The maximum Gasteiger partial charge on any atom is 0.252 e. The molecule has 4 rings (SSSR count). The summed E-state index contributed by atoms with van der Waals surface area (Å²) in [5, 5.41) is 103. The van der Waals surface area contributed by atoms with E-state index >= 15 is 0 Å². The van der Waals surface area contributed by atoms with Gasteiger partial charge in [0.05, 0.1) is 49.7 Å². The number of rotatable bonds is 11. The normalized spacial score (nSPS) is 49.6. The molecule has 0 spiro atoms. The van der Waals surface area contributed by atoms with E-state index in [0.717, 1.165) is 0 Å². The number of nitrogens with one attached hydrogen (secondary N) is 3. The maximum absolute atomic E-state index is 13.1. The van der Waals surface area contributed by atoms with Gasteiger partial charge in [-0.25, -0.2) is 0 Å². The maximum atomic E-state index is 13.1. The number of aliphatic hydroxyl groups excluding tert-OH is 7. The monoisotopic (exact) mass is 653 g/mol. The van der Waals surface area contributed by atoms with E-state index in [1.807, 2.05) is 0 Å². The van der Waals surface area contributed by atoms with Gasteiger partial charge in [0.25, 0.3) is 5.91 Å². The molecular formula is C27H51N5O13. The lowest BCUT2D eigenvalue weighted by Crippen LogP contribution is -2.72. The van der Waals surface area contributed by atoms with E-state index in [0.29, 0.717) is 0 Å². The van der Waals surface area contributed by atoms with Crippen molar-refractivity contribution in [2.24, 2.45) is 17.4 Å². The SMILES string of the molecule is CNC1C(O)C(OC2C(NC(=O)C3(O)CC(N)C3)CC(N)C(C3OC(CNCC(O)CO)C(O)C(O)C3O)C2O)OCC1(C)O. The topological polar surface area (TPSA) is 315 Å². The summed E-state index contributed by atoms with van der Waals surface area (Å²) in [5.41, 5.74) is 9.08. The summed E-state index contributed by atoms with van der Waals surface area (Å²) >= 11 is 0. The molecule has 262 valence electrons. The lowest BCUT2D eigenvalue weighted by Gasteiger charge is -2.52. The summed E-state index contributed by atoms with van der Waals surface area (Å²) < 4.78 is 17.7. The average molecular weight is 654 g/mol. The van der Waals surface area contributed by atoms with E-state index in [-0.39, 0.29) is 45.0 Å². The Balaban J connectivity index is 1.58. The molecule has 2 saturated carbocycles. The van der Waals surface area contributed by atoms with Crippen LogP contribution in [0.3, 0.4) is 0 Å². The van der Waals surface area contributed by atoms with Gasteiger partial charge in [0, 0.05) is 43.9 Å². The van der Waals surface area contributed by atoms with Crippen LogP contribution in [-0.4, -0.2) is 182 Å². The third-order valence-corrected chi connectivity index (χ3v) is 9.58. The van der Waals surface area contributed by atoms with E-state index in [2.05, 4.69) is 16.0 Å². The Bertz CT molecular complexity index is 993. The summed E-state index contributed by atoms with van der Waals surface area (Å²) in [5.74, 6) is -1.92. The summed E-state index contributed by atoms with van der Waals surface area (Å²) in [4.78, 5) is 13.1. The van der Waals surface area contributed by atoms with Gasteiger partial charge in [-0.15, -0.1) is 0 Å². The van der Waals surface area contributed by atoms with Crippen molar-refractivity contribution >= 4 is 5.91 Å². The highest BCUT2D eigenvalue weighted by atomic mass is 16.7. The summed E-state index contributed by atoms with van der Waals surface area (Å²) in [6.07, 6.45) is -14.4. The van der Waals surface area contributed by atoms with Crippen molar-refractivity contribution in [1.82, 2.24) is 16.0 Å². The van der Waals surface area contributed by atoms with Crippen LogP contribution in [0.5, 0.6) is 0 Å². The largest absolute Gasteiger partial charge is 0.394 e. The fraction of sp³-hybridized carbons (Fsp3) is 0.963. The van der Waals surface area contributed by atoms with Crippen molar-refractivity contribution in [3.8, 4) is 0 Å². The van der Waals surface area contributed by atoms with Crippen LogP contribution in [0.2, 0.25) is 0 Å². The molecule has 18 nitrogen and oxygen atoms in total. The van der Waals surface area contributed by atoms with Crippen LogP contribution >= 0.6 is 0 Å². The molecule has 16 N–H and O–H groups in total. The molecule has 4 fully saturated rings. The molecule has 15 unspecified atom stereocenters. The smallest absolute Gasteiger partial charge is 0.252 e. The number of carbonyl (C=O) groups excluding carboxylic acids is 1. The van der Waals surface area contributed by atoms with Gasteiger partial charge >= 0.3 is 0 Å². The Kier molecular flexibility index (Phi) is 11.8. The van der Waals surface area contributed by atoms with E-state index in [4.69, 9.17) is 30.8 Å². The van der Waals surface area contributed by atoms with Gasteiger partial charge in [-0.1, -0.05) is 0 Å². The van der Waals surface area contributed by atoms with Crippen molar-refractivity contribution in [2.45, 2.75) is 123 Å². The van der Waals surface area contributed by atoms with Crippen molar-refractivity contribution in [3.63, 3.8) is 0 Å².